The maximum Gasteiger partial charge on any atom is 0.335 e. The predicted molar refractivity (Wildman–Crippen MR) is 73.9 cm³/mol. The van der Waals surface area contributed by atoms with E-state index in [0.29, 0.717) is 18.6 Å². The topological polar surface area (TPSA) is 99.4 Å². The third-order valence-corrected chi connectivity index (χ3v) is 3.52. The quantitative estimate of drug-likeness (QED) is 0.859. The summed E-state index contributed by atoms with van der Waals surface area (Å²) in [5.41, 5.74) is -0.602. The van der Waals surface area contributed by atoms with Crippen LogP contribution in [0.3, 0.4) is 0 Å². The molecule has 2 rings (SSSR count). The summed E-state index contributed by atoms with van der Waals surface area (Å²) in [5, 5.41) is 20.7. The highest BCUT2D eigenvalue weighted by Gasteiger charge is 2.35. The Labute approximate surface area is 122 Å². The zero-order valence-electron chi connectivity index (χ0n) is 11.5. The minimum Gasteiger partial charge on any atom is -0.484 e. The number of nitrogens with zero attached hydrogens (tertiary/aromatic N) is 1. The molecule has 6 nitrogen and oxygen atoms in total. The lowest BCUT2D eigenvalue weighted by atomic mass is 10.00. The van der Waals surface area contributed by atoms with Crippen molar-refractivity contribution in [3.05, 3.63) is 29.8 Å². The fourth-order valence-electron chi connectivity index (χ4n) is 2.39. The van der Waals surface area contributed by atoms with Crippen molar-refractivity contribution in [2.75, 3.05) is 6.61 Å². The fourth-order valence-corrected chi connectivity index (χ4v) is 2.39. The molecule has 1 aromatic carbocycles. The van der Waals surface area contributed by atoms with Gasteiger partial charge in [0.05, 0.1) is 11.6 Å². The van der Waals surface area contributed by atoms with Gasteiger partial charge in [-0.15, -0.1) is 0 Å². The van der Waals surface area contributed by atoms with Gasteiger partial charge >= 0.3 is 5.97 Å². The van der Waals surface area contributed by atoms with Gasteiger partial charge in [-0.3, -0.25) is 4.79 Å². The number of ether oxygens (including phenoxy) is 1. The number of benzene rings is 1. The van der Waals surface area contributed by atoms with E-state index in [0.717, 1.165) is 12.8 Å². The molecule has 0 atom stereocenters. The lowest BCUT2D eigenvalue weighted by Gasteiger charge is -2.21. The first-order valence-corrected chi connectivity index (χ1v) is 6.73. The number of carbonyl (C=O) groups excluding carboxylic acids is 1. The van der Waals surface area contributed by atoms with Crippen molar-refractivity contribution in [3.8, 4) is 11.8 Å². The van der Waals surface area contributed by atoms with Gasteiger partial charge in [0.2, 0.25) is 0 Å². The largest absolute Gasteiger partial charge is 0.484 e. The summed E-state index contributed by atoms with van der Waals surface area (Å²) in [6, 6.07) is 7.97. The highest BCUT2D eigenvalue weighted by molar-refractivity contribution is 5.87. The van der Waals surface area contributed by atoms with Crippen molar-refractivity contribution in [2.24, 2.45) is 0 Å². The van der Waals surface area contributed by atoms with E-state index in [2.05, 4.69) is 11.4 Å². The standard InChI is InChI=1S/C15H16N2O4/c16-10-15(7-1-2-8-15)17-13(18)9-21-12-5-3-11(4-6-12)14(19)20/h3-6H,1-2,7-9H2,(H,17,18)(H,19,20). The Hall–Kier alpha value is -2.55. The van der Waals surface area contributed by atoms with Crippen LogP contribution in [0.15, 0.2) is 24.3 Å². The first kappa shape index (κ1) is 14.9. The third-order valence-electron chi connectivity index (χ3n) is 3.52. The summed E-state index contributed by atoms with van der Waals surface area (Å²) in [5.74, 6) is -0.954. The summed E-state index contributed by atoms with van der Waals surface area (Å²) in [6.07, 6.45) is 3.21. The normalized spacial score (nSPS) is 16.0. The minimum atomic E-state index is -1.02. The van der Waals surface area contributed by atoms with Gasteiger partial charge in [-0.2, -0.15) is 5.26 Å². The molecule has 1 aliphatic rings. The molecule has 0 radical (unpaired) electrons. The number of hydrogen-bond donors (Lipinski definition) is 2. The van der Waals surface area contributed by atoms with Gasteiger partial charge < -0.3 is 15.2 Å². The van der Waals surface area contributed by atoms with Crippen molar-refractivity contribution in [3.63, 3.8) is 0 Å². The molecule has 0 aliphatic heterocycles. The minimum absolute atomic E-state index is 0.154. The van der Waals surface area contributed by atoms with E-state index < -0.39 is 11.5 Å². The van der Waals surface area contributed by atoms with E-state index in [-0.39, 0.29) is 18.1 Å². The molecule has 21 heavy (non-hydrogen) atoms. The van der Waals surface area contributed by atoms with Crippen molar-refractivity contribution in [2.45, 2.75) is 31.2 Å². The smallest absolute Gasteiger partial charge is 0.335 e. The summed E-state index contributed by atoms with van der Waals surface area (Å²) in [4.78, 5) is 22.5. The number of carboxylic acids is 1. The number of carbonyl (C=O) groups is 2. The van der Waals surface area contributed by atoms with Gasteiger partial charge in [-0.1, -0.05) is 0 Å². The molecule has 0 aromatic heterocycles. The average molecular weight is 288 g/mol. The number of rotatable bonds is 5. The summed E-state index contributed by atoms with van der Waals surface area (Å²) in [6.45, 7) is -0.199. The molecule has 0 unspecified atom stereocenters. The summed E-state index contributed by atoms with van der Waals surface area (Å²) >= 11 is 0. The molecule has 2 N–H and O–H groups in total. The lowest BCUT2D eigenvalue weighted by molar-refractivity contribution is -0.124. The second kappa shape index (κ2) is 6.27. The molecular weight excluding hydrogens is 272 g/mol. The molecule has 1 saturated carbocycles. The third kappa shape index (κ3) is 3.72. The first-order chi connectivity index (χ1) is 10.0. The van der Waals surface area contributed by atoms with Crippen molar-refractivity contribution in [1.82, 2.24) is 5.32 Å². The zero-order valence-corrected chi connectivity index (χ0v) is 11.5. The van der Waals surface area contributed by atoms with Crippen LogP contribution in [-0.2, 0) is 4.79 Å². The van der Waals surface area contributed by atoms with Crippen LogP contribution < -0.4 is 10.1 Å². The van der Waals surface area contributed by atoms with Crippen LogP contribution in [0.4, 0.5) is 0 Å². The van der Waals surface area contributed by atoms with E-state index in [1.54, 1.807) is 0 Å². The van der Waals surface area contributed by atoms with Gasteiger partial charge in [-0.25, -0.2) is 4.79 Å². The fraction of sp³-hybridized carbons (Fsp3) is 0.400. The first-order valence-electron chi connectivity index (χ1n) is 6.73. The van der Waals surface area contributed by atoms with Crippen LogP contribution in [-0.4, -0.2) is 29.1 Å². The Morgan fingerprint density at radius 2 is 1.90 bits per heavy atom. The number of aromatic carboxylic acids is 1. The Kier molecular flexibility index (Phi) is 4.43. The van der Waals surface area contributed by atoms with Gasteiger partial charge in [0, 0.05) is 0 Å². The molecule has 0 spiro atoms. The van der Waals surface area contributed by atoms with Crippen LogP contribution in [0.2, 0.25) is 0 Å². The number of amides is 1. The molecule has 1 amide bonds. The molecule has 0 heterocycles. The van der Waals surface area contributed by atoms with Crippen LogP contribution in [0.25, 0.3) is 0 Å². The van der Waals surface area contributed by atoms with Crippen molar-refractivity contribution >= 4 is 11.9 Å². The molecule has 0 bridgehead atoms. The average Bonchev–Trinajstić information content (AvgIpc) is 2.94. The van der Waals surface area contributed by atoms with Crippen molar-refractivity contribution in [1.29, 1.82) is 5.26 Å². The van der Waals surface area contributed by atoms with Gasteiger partial charge in [-0.05, 0) is 49.9 Å². The number of nitriles is 1. The van der Waals surface area contributed by atoms with Crippen molar-refractivity contribution < 1.29 is 19.4 Å². The number of hydrogen-bond acceptors (Lipinski definition) is 4. The lowest BCUT2D eigenvalue weighted by Crippen LogP contribution is -2.47. The molecule has 1 aromatic rings. The summed E-state index contributed by atoms with van der Waals surface area (Å²) < 4.78 is 5.29. The Morgan fingerprint density at radius 1 is 1.29 bits per heavy atom. The Balaban J connectivity index is 1.86. The molecule has 0 saturated heterocycles. The monoisotopic (exact) mass is 288 g/mol. The Morgan fingerprint density at radius 3 is 2.43 bits per heavy atom. The zero-order chi connectivity index (χ0) is 15.3. The highest BCUT2D eigenvalue weighted by Crippen LogP contribution is 2.28. The second-order valence-corrected chi connectivity index (χ2v) is 5.07. The van der Waals surface area contributed by atoms with Crippen LogP contribution in [0.1, 0.15) is 36.0 Å². The van der Waals surface area contributed by atoms with Gasteiger partial charge in [0.1, 0.15) is 11.3 Å². The number of carboxylic acid groups (broad SMARTS) is 1. The van der Waals surface area contributed by atoms with Crippen LogP contribution in [0, 0.1) is 11.3 Å². The second-order valence-electron chi connectivity index (χ2n) is 5.07. The Bertz CT molecular complexity index is 568. The SMILES string of the molecule is N#CC1(NC(=O)COc2ccc(C(=O)O)cc2)CCCC1. The molecule has 6 heteroatoms. The van der Waals surface area contributed by atoms with E-state index in [4.69, 9.17) is 9.84 Å². The van der Waals surface area contributed by atoms with E-state index in [9.17, 15) is 14.9 Å². The molecular formula is C15H16N2O4. The van der Waals surface area contributed by atoms with E-state index in [1.807, 2.05) is 0 Å². The maximum absolute atomic E-state index is 11.8. The van der Waals surface area contributed by atoms with Gasteiger partial charge in [0.15, 0.2) is 6.61 Å². The molecule has 110 valence electrons. The van der Waals surface area contributed by atoms with Gasteiger partial charge in [0.25, 0.3) is 5.91 Å². The molecule has 1 fully saturated rings. The predicted octanol–water partition coefficient (Wildman–Crippen LogP) is 1.72. The van der Waals surface area contributed by atoms with E-state index >= 15 is 0 Å². The molecule has 1 aliphatic carbocycles. The highest BCUT2D eigenvalue weighted by atomic mass is 16.5. The maximum atomic E-state index is 11.8. The van der Waals surface area contributed by atoms with E-state index in [1.165, 1.54) is 24.3 Å². The van der Waals surface area contributed by atoms with Crippen LogP contribution in [0.5, 0.6) is 5.75 Å². The van der Waals surface area contributed by atoms with Crippen LogP contribution >= 0.6 is 0 Å². The summed E-state index contributed by atoms with van der Waals surface area (Å²) in [7, 11) is 0. The number of nitrogens with one attached hydrogen (secondary N) is 1.